The van der Waals surface area contributed by atoms with Crippen molar-refractivity contribution in [3.05, 3.63) is 40.1 Å². The summed E-state index contributed by atoms with van der Waals surface area (Å²) >= 11 is 2.34. The van der Waals surface area contributed by atoms with Crippen LogP contribution in [0.25, 0.3) is 21.8 Å². The van der Waals surface area contributed by atoms with Crippen molar-refractivity contribution in [1.82, 2.24) is 14.9 Å². The first-order valence-corrected chi connectivity index (χ1v) is 10.5. The maximum atomic E-state index is 6.24. The summed E-state index contributed by atoms with van der Waals surface area (Å²) in [4.78, 5) is 12.0. The summed E-state index contributed by atoms with van der Waals surface area (Å²) in [5.41, 5.74) is 1.95. The Balaban J connectivity index is 1.57. The van der Waals surface area contributed by atoms with Crippen LogP contribution in [0.4, 0.5) is 0 Å². The minimum Gasteiger partial charge on any atom is -0.477 e. The fraction of sp³-hybridized carbons (Fsp3) is 0.429. The van der Waals surface area contributed by atoms with Crippen LogP contribution in [0.2, 0.25) is 0 Å². The summed E-state index contributed by atoms with van der Waals surface area (Å²) in [6, 6.07) is 10.3. The molecule has 0 saturated carbocycles. The third kappa shape index (κ3) is 3.64. The Kier molecular flexibility index (Phi) is 5.55. The van der Waals surface area contributed by atoms with Gasteiger partial charge in [-0.15, -0.1) is 0 Å². The molecule has 1 aliphatic heterocycles. The first-order chi connectivity index (χ1) is 12.8. The number of rotatable bonds is 5. The fourth-order valence-electron chi connectivity index (χ4n) is 3.77. The second-order valence-corrected chi connectivity index (χ2v) is 8.21. The van der Waals surface area contributed by atoms with Gasteiger partial charge < -0.3 is 9.64 Å². The number of fused-ring (bicyclic) bond motifs is 3. The lowest BCUT2D eigenvalue weighted by Gasteiger charge is -2.31. The molecule has 0 N–H and O–H groups in total. The number of hydrogen-bond donors (Lipinski definition) is 0. The summed E-state index contributed by atoms with van der Waals surface area (Å²) in [6.07, 6.45) is 5.50. The summed E-state index contributed by atoms with van der Waals surface area (Å²) in [5.74, 6) is 1.34. The topological polar surface area (TPSA) is 38.2 Å². The minimum absolute atomic E-state index is 0.613. The highest BCUT2D eigenvalue weighted by Gasteiger charge is 2.20. The number of hydrogen-bond acceptors (Lipinski definition) is 4. The Morgan fingerprint density at radius 2 is 1.92 bits per heavy atom. The molecule has 4 rings (SSSR count). The van der Waals surface area contributed by atoms with Crippen LogP contribution in [-0.4, -0.2) is 41.1 Å². The van der Waals surface area contributed by atoms with Crippen molar-refractivity contribution in [2.45, 2.75) is 26.2 Å². The van der Waals surface area contributed by atoms with Crippen LogP contribution in [0.1, 0.15) is 26.2 Å². The average molecular weight is 459 g/mol. The molecule has 2 aromatic heterocycles. The summed E-state index contributed by atoms with van der Waals surface area (Å²) < 4.78 is 7.37. The van der Waals surface area contributed by atoms with Gasteiger partial charge in [0, 0.05) is 15.2 Å². The average Bonchev–Trinajstić information content (AvgIpc) is 2.68. The second-order valence-electron chi connectivity index (χ2n) is 7.05. The first-order valence-electron chi connectivity index (χ1n) is 9.44. The molecule has 1 aromatic carbocycles. The number of para-hydroxylation sites is 1. The number of likely N-dealkylation sites (tertiary alicyclic amines) is 1. The van der Waals surface area contributed by atoms with Crippen molar-refractivity contribution in [1.29, 1.82) is 0 Å². The zero-order valence-electron chi connectivity index (χ0n) is 15.1. The van der Waals surface area contributed by atoms with Crippen LogP contribution < -0.4 is 4.74 Å². The predicted molar refractivity (Wildman–Crippen MR) is 115 cm³/mol. The highest BCUT2D eigenvalue weighted by Crippen LogP contribution is 2.32. The number of pyridine rings is 2. The predicted octanol–water partition coefficient (Wildman–Crippen LogP) is 4.89. The molecule has 26 heavy (non-hydrogen) atoms. The molecular weight excluding hydrogens is 435 g/mol. The lowest BCUT2D eigenvalue weighted by Crippen LogP contribution is -2.35. The van der Waals surface area contributed by atoms with E-state index in [1.165, 1.54) is 38.9 Å². The smallest absolute Gasteiger partial charge is 0.223 e. The summed E-state index contributed by atoms with van der Waals surface area (Å²) in [7, 11) is 0. The number of ether oxygens (including phenoxy) is 1. The van der Waals surface area contributed by atoms with E-state index in [9.17, 15) is 0 Å². The lowest BCUT2D eigenvalue weighted by atomic mass is 9.98. The van der Waals surface area contributed by atoms with E-state index in [0.29, 0.717) is 5.92 Å². The molecule has 0 unspecified atom stereocenters. The molecule has 0 aliphatic carbocycles. The van der Waals surface area contributed by atoms with Gasteiger partial charge in [0.25, 0.3) is 0 Å². The highest BCUT2D eigenvalue weighted by molar-refractivity contribution is 14.1. The van der Waals surface area contributed by atoms with E-state index in [0.717, 1.165) is 37.9 Å². The van der Waals surface area contributed by atoms with Gasteiger partial charge in [0.2, 0.25) is 5.88 Å². The molecule has 1 saturated heterocycles. The van der Waals surface area contributed by atoms with Gasteiger partial charge in [-0.1, -0.05) is 19.1 Å². The van der Waals surface area contributed by atoms with Crippen LogP contribution in [0, 0.1) is 9.49 Å². The third-order valence-corrected chi connectivity index (χ3v) is 6.07. The summed E-state index contributed by atoms with van der Waals surface area (Å²) in [6.45, 7) is 6.59. The van der Waals surface area contributed by atoms with Gasteiger partial charge in [-0.25, -0.2) is 4.98 Å². The molecule has 0 bridgehead atoms. The molecule has 5 heteroatoms. The van der Waals surface area contributed by atoms with Gasteiger partial charge in [-0.05, 0) is 85.6 Å². The zero-order valence-corrected chi connectivity index (χ0v) is 17.3. The Morgan fingerprint density at radius 1 is 1.12 bits per heavy atom. The van der Waals surface area contributed by atoms with E-state index in [1.54, 1.807) is 0 Å². The van der Waals surface area contributed by atoms with Gasteiger partial charge in [0.1, 0.15) is 0 Å². The molecule has 0 radical (unpaired) electrons. The largest absolute Gasteiger partial charge is 0.477 e. The van der Waals surface area contributed by atoms with E-state index in [4.69, 9.17) is 9.72 Å². The monoisotopic (exact) mass is 459 g/mol. The summed E-state index contributed by atoms with van der Waals surface area (Å²) in [5, 5.41) is 2.10. The van der Waals surface area contributed by atoms with Crippen molar-refractivity contribution < 1.29 is 4.74 Å². The van der Waals surface area contributed by atoms with Crippen LogP contribution in [0.5, 0.6) is 5.88 Å². The molecule has 136 valence electrons. The maximum Gasteiger partial charge on any atom is 0.223 e. The molecule has 4 nitrogen and oxygen atoms in total. The quantitative estimate of drug-likeness (QED) is 0.403. The number of aromatic nitrogens is 2. The molecule has 3 aromatic rings. The second kappa shape index (κ2) is 8.05. The lowest BCUT2D eigenvalue weighted by molar-refractivity contribution is 0.140. The number of halogens is 1. The standard InChI is InChI=1S/C21H24IN3O/c1-2-11-25-12-8-15(9-13-25)14-26-21-17-6-4-10-23-19(17)16-5-3-7-18(22)20(16)24-21/h3-7,10,15H,2,8-9,11-14H2,1H3/i22-2. The normalized spacial score (nSPS) is 16.4. The van der Waals surface area contributed by atoms with Gasteiger partial charge >= 0.3 is 0 Å². The molecular formula is C21H24IN3O. The first kappa shape index (κ1) is 17.9. The van der Waals surface area contributed by atoms with Crippen molar-refractivity contribution >= 4 is 44.4 Å². The molecule has 0 amide bonds. The Hall–Kier alpha value is -1.47. The van der Waals surface area contributed by atoms with Crippen LogP contribution in [0.15, 0.2) is 36.5 Å². The van der Waals surface area contributed by atoms with Crippen LogP contribution in [-0.2, 0) is 0 Å². The minimum atomic E-state index is 0.613. The van der Waals surface area contributed by atoms with Gasteiger partial charge in [0.15, 0.2) is 0 Å². The van der Waals surface area contributed by atoms with Crippen LogP contribution >= 0.6 is 22.6 Å². The Morgan fingerprint density at radius 3 is 2.73 bits per heavy atom. The molecule has 1 fully saturated rings. The molecule has 3 heterocycles. The Bertz CT molecular complexity index is 906. The maximum absolute atomic E-state index is 6.24. The SMILES string of the molecule is CCCN1CCC(COc2nc3c([125I])cccc3c3ncccc23)CC1. The molecule has 1 aliphatic rings. The number of piperidine rings is 1. The van der Waals surface area contributed by atoms with Crippen molar-refractivity contribution in [3.63, 3.8) is 0 Å². The number of benzene rings is 1. The number of nitrogens with zero attached hydrogens (tertiary/aromatic N) is 3. The van der Waals surface area contributed by atoms with E-state index < -0.39 is 0 Å². The Labute approximate surface area is 168 Å². The van der Waals surface area contributed by atoms with Gasteiger partial charge in [-0.2, -0.15) is 0 Å². The van der Waals surface area contributed by atoms with E-state index in [2.05, 4.69) is 63.7 Å². The third-order valence-electron chi connectivity index (χ3n) is 5.20. The van der Waals surface area contributed by atoms with Gasteiger partial charge in [0.05, 0.1) is 23.0 Å². The van der Waals surface area contributed by atoms with E-state index in [1.807, 2.05) is 12.3 Å². The van der Waals surface area contributed by atoms with E-state index >= 15 is 0 Å². The zero-order chi connectivity index (χ0) is 17.9. The van der Waals surface area contributed by atoms with Crippen LogP contribution in [0.3, 0.4) is 0 Å². The van der Waals surface area contributed by atoms with Crippen molar-refractivity contribution in [2.24, 2.45) is 5.92 Å². The van der Waals surface area contributed by atoms with Crippen molar-refractivity contribution in [2.75, 3.05) is 26.2 Å². The highest BCUT2D eigenvalue weighted by atomic mass is 125. The van der Waals surface area contributed by atoms with E-state index in [-0.39, 0.29) is 0 Å². The van der Waals surface area contributed by atoms with Crippen molar-refractivity contribution in [3.8, 4) is 5.88 Å². The fourth-order valence-corrected chi connectivity index (χ4v) is 4.39. The molecule has 0 atom stereocenters. The van der Waals surface area contributed by atoms with Gasteiger partial charge in [-0.3, -0.25) is 4.98 Å². The molecule has 0 spiro atoms.